The molecule has 2 heteroatoms. The van der Waals surface area contributed by atoms with Crippen LogP contribution in [0, 0.1) is 5.92 Å². The van der Waals surface area contributed by atoms with E-state index in [1.165, 1.54) is 43.5 Å². The Hall–Kier alpha value is -1.90. The summed E-state index contributed by atoms with van der Waals surface area (Å²) in [6, 6.07) is 21.9. The Balaban J connectivity index is 1.38. The summed E-state index contributed by atoms with van der Waals surface area (Å²) >= 11 is 0. The molecule has 1 heterocycles. The lowest BCUT2D eigenvalue weighted by Gasteiger charge is -2.37. The van der Waals surface area contributed by atoms with Gasteiger partial charge in [0.2, 0.25) is 0 Å². The Morgan fingerprint density at radius 1 is 1.00 bits per heavy atom. The highest BCUT2D eigenvalue weighted by molar-refractivity contribution is 5.48. The first kappa shape index (κ1) is 18.9. The van der Waals surface area contributed by atoms with Crippen LogP contribution < -0.4 is 0 Å². The molecule has 0 saturated carbocycles. The molecule has 3 rings (SSSR count). The molecule has 0 aliphatic carbocycles. The first-order chi connectivity index (χ1) is 12.9. The monoisotopic (exact) mass is 349 g/mol. The maximum atomic E-state index is 5.90. The van der Waals surface area contributed by atoms with Crippen molar-refractivity contribution in [1.82, 2.24) is 4.90 Å². The summed E-state index contributed by atoms with van der Waals surface area (Å²) in [4.78, 5) is 2.65. The van der Waals surface area contributed by atoms with Crippen LogP contribution in [-0.2, 0) is 4.74 Å². The van der Waals surface area contributed by atoms with Gasteiger partial charge in [0.1, 0.15) is 0 Å². The van der Waals surface area contributed by atoms with Gasteiger partial charge in [0.15, 0.2) is 0 Å². The minimum absolute atomic E-state index is 0.562. The normalized spacial score (nSPS) is 17.6. The van der Waals surface area contributed by atoms with Gasteiger partial charge in [0.05, 0.1) is 6.61 Å². The number of benzene rings is 2. The minimum Gasteiger partial charge on any atom is -0.377 e. The first-order valence-corrected chi connectivity index (χ1v) is 9.95. The molecule has 0 spiro atoms. The van der Waals surface area contributed by atoms with Crippen LogP contribution >= 0.6 is 0 Å². The lowest BCUT2D eigenvalue weighted by molar-refractivity contribution is 0.0658. The molecule has 0 bridgehead atoms. The van der Waals surface area contributed by atoms with E-state index in [9.17, 15) is 0 Å². The molecular weight excluding hydrogens is 318 g/mol. The maximum Gasteiger partial charge on any atom is 0.0650 e. The van der Waals surface area contributed by atoms with Gasteiger partial charge in [-0.1, -0.05) is 79.7 Å². The van der Waals surface area contributed by atoms with E-state index >= 15 is 0 Å². The molecular formula is C24H31NO. The van der Waals surface area contributed by atoms with Crippen LogP contribution in [0.3, 0.4) is 0 Å². The van der Waals surface area contributed by atoms with E-state index in [1.54, 1.807) is 0 Å². The molecule has 0 amide bonds. The Kier molecular flexibility index (Phi) is 7.48. The second-order valence-electron chi connectivity index (χ2n) is 7.16. The third-order valence-corrected chi connectivity index (χ3v) is 5.34. The molecule has 26 heavy (non-hydrogen) atoms. The van der Waals surface area contributed by atoms with Crippen molar-refractivity contribution in [3.8, 4) is 0 Å². The fourth-order valence-corrected chi connectivity index (χ4v) is 3.86. The largest absolute Gasteiger partial charge is 0.377 e. The van der Waals surface area contributed by atoms with Crippen molar-refractivity contribution >= 4 is 6.08 Å². The maximum absolute atomic E-state index is 5.90. The van der Waals surface area contributed by atoms with Gasteiger partial charge in [-0.2, -0.15) is 0 Å². The Bertz CT molecular complexity index is 644. The van der Waals surface area contributed by atoms with Crippen LogP contribution in [-0.4, -0.2) is 31.2 Å². The van der Waals surface area contributed by atoms with Crippen molar-refractivity contribution in [2.45, 2.75) is 32.2 Å². The second kappa shape index (κ2) is 10.3. The Labute approximate surface area is 158 Å². The molecule has 1 aliphatic heterocycles. The summed E-state index contributed by atoms with van der Waals surface area (Å²) in [5.41, 5.74) is 2.69. The zero-order chi connectivity index (χ0) is 18.0. The first-order valence-electron chi connectivity index (χ1n) is 9.95. The van der Waals surface area contributed by atoms with Gasteiger partial charge in [0.25, 0.3) is 0 Å². The molecule has 1 unspecified atom stereocenters. The molecule has 1 aliphatic rings. The fourth-order valence-electron chi connectivity index (χ4n) is 3.86. The van der Waals surface area contributed by atoms with Gasteiger partial charge >= 0.3 is 0 Å². The summed E-state index contributed by atoms with van der Waals surface area (Å²) < 4.78 is 5.90. The molecule has 0 N–H and O–H groups in total. The number of hydrogen-bond acceptors (Lipinski definition) is 2. The van der Waals surface area contributed by atoms with Crippen molar-refractivity contribution < 1.29 is 4.74 Å². The molecule has 2 nitrogen and oxygen atoms in total. The zero-order valence-electron chi connectivity index (χ0n) is 15.9. The van der Waals surface area contributed by atoms with Crippen LogP contribution in [0.15, 0.2) is 66.7 Å². The van der Waals surface area contributed by atoms with Crippen LogP contribution in [0.1, 0.15) is 43.4 Å². The van der Waals surface area contributed by atoms with E-state index in [1.807, 2.05) is 6.07 Å². The highest BCUT2D eigenvalue weighted by Gasteiger charge is 2.24. The summed E-state index contributed by atoms with van der Waals surface area (Å²) in [6.07, 6.45) is 7.91. The van der Waals surface area contributed by atoms with Crippen molar-refractivity contribution in [3.63, 3.8) is 0 Å². The highest BCUT2D eigenvalue weighted by Crippen LogP contribution is 2.29. The number of hydrogen-bond donors (Lipinski definition) is 0. The molecule has 1 fully saturated rings. The van der Waals surface area contributed by atoms with Crippen LogP contribution in [0.25, 0.3) is 6.08 Å². The van der Waals surface area contributed by atoms with Crippen LogP contribution in [0.4, 0.5) is 0 Å². The topological polar surface area (TPSA) is 12.5 Å². The summed E-state index contributed by atoms with van der Waals surface area (Å²) in [7, 11) is 0. The highest BCUT2D eigenvalue weighted by atomic mass is 16.5. The third kappa shape index (κ3) is 5.55. The molecule has 0 aromatic heterocycles. The van der Waals surface area contributed by atoms with Gasteiger partial charge < -0.3 is 4.74 Å². The van der Waals surface area contributed by atoms with Crippen LogP contribution in [0.5, 0.6) is 0 Å². The summed E-state index contributed by atoms with van der Waals surface area (Å²) in [5.74, 6) is 0.699. The van der Waals surface area contributed by atoms with E-state index in [0.29, 0.717) is 18.6 Å². The van der Waals surface area contributed by atoms with Gasteiger partial charge in [-0.15, -0.1) is 0 Å². The Morgan fingerprint density at radius 3 is 2.31 bits per heavy atom. The molecule has 1 atom stereocenters. The molecule has 2 aromatic rings. The molecule has 0 radical (unpaired) electrons. The van der Waals surface area contributed by atoms with Gasteiger partial charge in [-0.25, -0.2) is 0 Å². The van der Waals surface area contributed by atoms with E-state index in [4.69, 9.17) is 4.74 Å². The standard InChI is InChI=1S/C24H31NO/c1-2-24(23-13-7-4-8-14-23)25-17-15-22(16-18-25)20-26-19-9-12-21-10-5-3-6-11-21/h3-14,22,24H,2,15-20H2,1H3. The van der Waals surface area contributed by atoms with Gasteiger partial charge in [-0.05, 0) is 49.4 Å². The second-order valence-corrected chi connectivity index (χ2v) is 7.16. The minimum atomic E-state index is 0.562. The number of ether oxygens (including phenoxy) is 1. The van der Waals surface area contributed by atoms with E-state index in [2.05, 4.69) is 78.6 Å². The average molecular weight is 350 g/mol. The van der Waals surface area contributed by atoms with Crippen molar-refractivity contribution in [2.75, 3.05) is 26.3 Å². The van der Waals surface area contributed by atoms with Gasteiger partial charge in [0, 0.05) is 12.6 Å². The zero-order valence-corrected chi connectivity index (χ0v) is 15.9. The van der Waals surface area contributed by atoms with Crippen molar-refractivity contribution in [1.29, 1.82) is 0 Å². The lowest BCUT2D eigenvalue weighted by atomic mass is 9.94. The third-order valence-electron chi connectivity index (χ3n) is 5.34. The van der Waals surface area contributed by atoms with E-state index in [0.717, 1.165) is 6.61 Å². The van der Waals surface area contributed by atoms with Gasteiger partial charge in [-0.3, -0.25) is 4.90 Å². The van der Waals surface area contributed by atoms with E-state index in [-0.39, 0.29) is 0 Å². The lowest BCUT2D eigenvalue weighted by Crippen LogP contribution is -2.37. The van der Waals surface area contributed by atoms with Crippen LogP contribution in [0.2, 0.25) is 0 Å². The molecule has 1 saturated heterocycles. The molecule has 2 aromatic carbocycles. The van der Waals surface area contributed by atoms with Crippen molar-refractivity contribution in [3.05, 3.63) is 77.9 Å². The number of rotatable bonds is 8. The fraction of sp³-hybridized carbons (Fsp3) is 0.417. The number of likely N-dealkylation sites (tertiary alicyclic amines) is 1. The number of nitrogens with zero attached hydrogens (tertiary/aromatic N) is 1. The quantitative estimate of drug-likeness (QED) is 0.577. The smallest absolute Gasteiger partial charge is 0.0650 e. The summed E-state index contributed by atoms with van der Waals surface area (Å²) in [5, 5.41) is 0. The van der Waals surface area contributed by atoms with Crippen molar-refractivity contribution in [2.24, 2.45) is 5.92 Å². The predicted octanol–water partition coefficient (Wildman–Crippen LogP) is 5.58. The average Bonchev–Trinajstić information content (AvgIpc) is 2.71. The molecule has 138 valence electrons. The SMILES string of the molecule is CCC(c1ccccc1)N1CCC(COCC=Cc2ccccc2)CC1. The van der Waals surface area contributed by atoms with E-state index < -0.39 is 0 Å². The summed E-state index contributed by atoms with van der Waals surface area (Å²) in [6.45, 7) is 6.25. The number of piperidine rings is 1. The predicted molar refractivity (Wildman–Crippen MR) is 110 cm³/mol. The Morgan fingerprint density at radius 2 is 1.65 bits per heavy atom.